The molecule has 6 nitrogen and oxygen atoms in total. The Labute approximate surface area is 233 Å². The Kier molecular flexibility index (Phi) is 6.63. The highest BCUT2D eigenvalue weighted by molar-refractivity contribution is 6.06. The number of hydrogen-bond donors (Lipinski definition) is 1. The molecule has 0 radical (unpaired) electrons. The number of nitrogens with zero attached hydrogens (tertiary/aromatic N) is 3. The number of anilines is 1. The Morgan fingerprint density at radius 2 is 1.68 bits per heavy atom. The van der Waals surface area contributed by atoms with Crippen LogP contribution in [0.3, 0.4) is 0 Å². The van der Waals surface area contributed by atoms with Crippen LogP contribution in [0.4, 0.5) is 23.4 Å². The number of hydrogen-bond acceptors (Lipinski definition) is 3. The summed E-state index contributed by atoms with van der Waals surface area (Å²) in [7, 11) is 0. The van der Waals surface area contributed by atoms with Crippen LogP contribution in [0.2, 0.25) is 0 Å². The highest BCUT2D eigenvalue weighted by Crippen LogP contribution is 2.46. The number of alkyl halides is 3. The van der Waals surface area contributed by atoms with Crippen molar-refractivity contribution < 1.29 is 27.2 Å². The first kappa shape index (κ1) is 26.7. The summed E-state index contributed by atoms with van der Waals surface area (Å²) in [6.07, 6.45) is -2.17. The van der Waals surface area contributed by atoms with Crippen molar-refractivity contribution in [3.05, 3.63) is 113 Å². The molecule has 1 unspecified atom stereocenters. The van der Waals surface area contributed by atoms with E-state index in [0.29, 0.717) is 22.6 Å². The van der Waals surface area contributed by atoms with Gasteiger partial charge in [-0.25, -0.2) is 9.07 Å². The minimum absolute atomic E-state index is 0.123. The summed E-state index contributed by atoms with van der Waals surface area (Å²) in [6.45, 7) is 1.81. The number of aryl methyl sites for hydroxylation is 1. The first-order valence-corrected chi connectivity index (χ1v) is 13.3. The first-order chi connectivity index (χ1) is 19.6. The van der Waals surface area contributed by atoms with Gasteiger partial charge in [0, 0.05) is 23.1 Å². The van der Waals surface area contributed by atoms with E-state index in [1.807, 2.05) is 37.3 Å². The third-order valence-corrected chi connectivity index (χ3v) is 7.87. The third-order valence-electron chi connectivity index (χ3n) is 7.87. The van der Waals surface area contributed by atoms with Gasteiger partial charge in [0.05, 0.1) is 16.9 Å². The number of amides is 2. The van der Waals surface area contributed by atoms with E-state index in [4.69, 9.17) is 5.10 Å². The van der Waals surface area contributed by atoms with Crippen molar-refractivity contribution >= 4 is 17.6 Å². The fourth-order valence-electron chi connectivity index (χ4n) is 5.67. The fourth-order valence-corrected chi connectivity index (χ4v) is 5.67. The number of benzene rings is 3. The van der Waals surface area contributed by atoms with E-state index in [2.05, 4.69) is 5.32 Å². The van der Waals surface area contributed by atoms with Crippen molar-refractivity contribution in [2.24, 2.45) is 0 Å². The summed E-state index contributed by atoms with van der Waals surface area (Å²) < 4.78 is 55.8. The molecule has 210 valence electrons. The highest BCUT2D eigenvalue weighted by atomic mass is 19.4. The second-order valence-electron chi connectivity index (χ2n) is 10.4. The van der Waals surface area contributed by atoms with E-state index < -0.39 is 41.3 Å². The number of aromatic nitrogens is 2. The predicted molar refractivity (Wildman–Crippen MR) is 144 cm³/mol. The quantitative estimate of drug-likeness (QED) is 0.296. The second-order valence-corrected chi connectivity index (χ2v) is 10.4. The minimum Gasteiger partial charge on any atom is -0.339 e. The van der Waals surface area contributed by atoms with Gasteiger partial charge in [-0.3, -0.25) is 14.5 Å². The zero-order valence-corrected chi connectivity index (χ0v) is 22.0. The molecule has 1 aliphatic heterocycles. The molecule has 2 atom stereocenters. The smallest absolute Gasteiger partial charge is 0.339 e. The molecule has 4 aromatic rings. The lowest BCUT2D eigenvalue weighted by molar-refractivity contribution is -0.137. The maximum absolute atomic E-state index is 14.4. The number of halogens is 4. The SMILES string of the molecule is Cc1nn(-c2ccccc2)c2c1[C@H](c1ccc(F)cc1)C(NC(=O)c1cccc(C(F)(F)F)c1)C(=O)N2C1CCC1. The zero-order chi connectivity index (χ0) is 28.9. The topological polar surface area (TPSA) is 67.2 Å². The molecule has 2 heterocycles. The molecular formula is C31H26F4N4O2. The van der Waals surface area contributed by atoms with Gasteiger partial charge in [-0.2, -0.15) is 18.3 Å². The van der Waals surface area contributed by atoms with Crippen LogP contribution in [-0.2, 0) is 11.0 Å². The maximum Gasteiger partial charge on any atom is 0.416 e. The summed E-state index contributed by atoms with van der Waals surface area (Å²) in [4.78, 5) is 29.5. The largest absolute Gasteiger partial charge is 0.416 e. The number of carbonyl (C=O) groups excluding carboxylic acids is 2. The highest BCUT2D eigenvalue weighted by Gasteiger charge is 2.49. The van der Waals surface area contributed by atoms with Gasteiger partial charge < -0.3 is 5.32 Å². The van der Waals surface area contributed by atoms with Crippen molar-refractivity contribution in [2.75, 3.05) is 4.90 Å². The van der Waals surface area contributed by atoms with E-state index in [9.17, 15) is 27.2 Å². The Balaban J connectivity index is 1.50. The molecule has 10 heteroatoms. The molecule has 3 aromatic carbocycles. The molecule has 41 heavy (non-hydrogen) atoms. The van der Waals surface area contributed by atoms with E-state index in [-0.39, 0.29) is 11.6 Å². The molecule has 1 fully saturated rings. The van der Waals surface area contributed by atoms with Crippen LogP contribution >= 0.6 is 0 Å². The molecule has 1 saturated carbocycles. The Morgan fingerprint density at radius 1 is 0.976 bits per heavy atom. The van der Waals surface area contributed by atoms with E-state index in [1.165, 1.54) is 18.2 Å². The number of para-hydroxylation sites is 1. The number of fused-ring (bicyclic) bond motifs is 1. The Morgan fingerprint density at radius 3 is 2.32 bits per heavy atom. The lowest BCUT2D eigenvalue weighted by atomic mass is 9.79. The average Bonchev–Trinajstić information content (AvgIpc) is 3.27. The van der Waals surface area contributed by atoms with Crippen LogP contribution in [-0.4, -0.2) is 33.7 Å². The van der Waals surface area contributed by atoms with Gasteiger partial charge in [0.25, 0.3) is 11.8 Å². The van der Waals surface area contributed by atoms with Gasteiger partial charge >= 0.3 is 6.18 Å². The fraction of sp³-hybridized carbons (Fsp3) is 0.258. The molecule has 2 amide bonds. The lowest BCUT2D eigenvalue weighted by Crippen LogP contribution is -2.59. The predicted octanol–water partition coefficient (Wildman–Crippen LogP) is 6.17. The molecule has 2 aliphatic rings. The Hall–Kier alpha value is -4.47. The third kappa shape index (κ3) is 4.77. The van der Waals surface area contributed by atoms with E-state index in [1.54, 1.807) is 21.7 Å². The molecule has 6 rings (SSSR count). The summed E-state index contributed by atoms with van der Waals surface area (Å²) in [5.74, 6) is -1.85. The van der Waals surface area contributed by atoms with Crippen molar-refractivity contribution in [3.63, 3.8) is 0 Å². The summed E-state index contributed by atoms with van der Waals surface area (Å²) in [5.41, 5.74) is 1.45. The lowest BCUT2D eigenvalue weighted by Gasteiger charge is -2.45. The van der Waals surface area contributed by atoms with Gasteiger partial charge in [-0.1, -0.05) is 36.4 Å². The van der Waals surface area contributed by atoms with Crippen LogP contribution in [0, 0.1) is 12.7 Å². The van der Waals surface area contributed by atoms with Gasteiger partial charge in [0.15, 0.2) is 0 Å². The van der Waals surface area contributed by atoms with Crippen molar-refractivity contribution in [1.29, 1.82) is 0 Å². The summed E-state index contributed by atoms with van der Waals surface area (Å²) in [5, 5.41) is 7.55. The minimum atomic E-state index is -4.63. The van der Waals surface area contributed by atoms with Gasteiger partial charge in [0.2, 0.25) is 0 Å². The van der Waals surface area contributed by atoms with Crippen LogP contribution in [0.15, 0.2) is 78.9 Å². The average molecular weight is 563 g/mol. The molecular weight excluding hydrogens is 536 g/mol. The second kappa shape index (κ2) is 10.2. The summed E-state index contributed by atoms with van der Waals surface area (Å²) in [6, 6.07) is 17.8. The van der Waals surface area contributed by atoms with Crippen molar-refractivity contribution in [3.8, 4) is 5.69 Å². The van der Waals surface area contributed by atoms with Crippen molar-refractivity contribution in [2.45, 2.75) is 50.4 Å². The monoisotopic (exact) mass is 562 g/mol. The number of carbonyl (C=O) groups is 2. The van der Waals surface area contributed by atoms with Gasteiger partial charge in [0.1, 0.15) is 17.7 Å². The number of nitrogens with one attached hydrogen (secondary N) is 1. The zero-order valence-electron chi connectivity index (χ0n) is 22.0. The normalized spacial score (nSPS) is 19.0. The van der Waals surface area contributed by atoms with Crippen LogP contribution in [0.25, 0.3) is 5.69 Å². The van der Waals surface area contributed by atoms with Gasteiger partial charge in [-0.15, -0.1) is 0 Å². The first-order valence-electron chi connectivity index (χ1n) is 13.3. The van der Waals surface area contributed by atoms with E-state index in [0.717, 1.165) is 43.1 Å². The van der Waals surface area contributed by atoms with Crippen molar-refractivity contribution in [1.82, 2.24) is 15.1 Å². The molecule has 1 N–H and O–H groups in total. The number of rotatable bonds is 5. The molecule has 0 saturated heterocycles. The summed E-state index contributed by atoms with van der Waals surface area (Å²) >= 11 is 0. The molecule has 1 aromatic heterocycles. The van der Waals surface area contributed by atoms with E-state index >= 15 is 0 Å². The van der Waals surface area contributed by atoms with Crippen LogP contribution in [0.5, 0.6) is 0 Å². The Bertz CT molecular complexity index is 1610. The van der Waals surface area contributed by atoms with Crippen LogP contribution < -0.4 is 10.2 Å². The molecule has 0 bridgehead atoms. The molecule has 1 aliphatic carbocycles. The molecule has 0 spiro atoms. The van der Waals surface area contributed by atoms with Crippen LogP contribution in [0.1, 0.15) is 57.9 Å². The standard InChI is InChI=1S/C31H26F4N4O2/c1-18-25-26(19-13-15-22(32)16-14-19)27(36-28(40)20-7-5-8-21(17-20)31(33,34)35)30(41)38(23-11-6-12-23)29(25)39(37-18)24-9-3-2-4-10-24/h2-5,7-10,13-17,23,26-27H,6,11-12H2,1H3,(H,36,40)/t26-,27?/m0/s1. The van der Waals surface area contributed by atoms with Gasteiger partial charge in [-0.05, 0) is 74.2 Å². The maximum atomic E-state index is 14.4.